The molecule has 0 atom stereocenters. The Kier molecular flexibility index (Phi) is 4.65. The molecule has 102 valence electrons. The molecule has 1 nitrogen and oxygen atoms in total. The average molecular weight is 432 g/mol. The van der Waals surface area contributed by atoms with Gasteiger partial charge in [-0.3, -0.25) is 0 Å². The molecule has 2 aromatic heterocycles. The van der Waals surface area contributed by atoms with Gasteiger partial charge in [0.25, 0.3) is 0 Å². The number of hydrogen-bond acceptors (Lipinski definition) is 3. The number of thiophene rings is 2. The fraction of sp³-hybridized carbons (Fsp3) is 0.0667. The van der Waals surface area contributed by atoms with Crippen molar-refractivity contribution in [3.63, 3.8) is 0 Å². The van der Waals surface area contributed by atoms with Gasteiger partial charge in [0.1, 0.15) is 0 Å². The van der Waals surface area contributed by atoms with Crippen molar-refractivity contribution in [3.8, 4) is 10.4 Å². The van der Waals surface area contributed by atoms with Crippen LogP contribution in [0.5, 0.6) is 0 Å². The van der Waals surface area contributed by atoms with Gasteiger partial charge in [-0.15, -0.1) is 22.7 Å². The Morgan fingerprint density at radius 1 is 1.15 bits per heavy atom. The molecular weight excluding hydrogens is 421 g/mol. The van der Waals surface area contributed by atoms with E-state index in [1.54, 1.807) is 22.7 Å². The Bertz CT molecular complexity index is 706. The van der Waals surface area contributed by atoms with Gasteiger partial charge in [0.15, 0.2) is 0 Å². The molecule has 0 unspecified atom stereocenters. The van der Waals surface area contributed by atoms with Gasteiger partial charge in [0, 0.05) is 36.1 Å². The van der Waals surface area contributed by atoms with Crippen molar-refractivity contribution in [3.05, 3.63) is 60.6 Å². The van der Waals surface area contributed by atoms with Crippen LogP contribution >= 0.6 is 56.9 Å². The van der Waals surface area contributed by atoms with Crippen LogP contribution in [-0.4, -0.2) is 0 Å². The second-order valence-electron chi connectivity index (χ2n) is 4.26. The molecule has 0 aliphatic heterocycles. The highest BCUT2D eigenvalue weighted by Gasteiger charge is 2.05. The third-order valence-electron chi connectivity index (χ3n) is 2.84. The van der Waals surface area contributed by atoms with Crippen molar-refractivity contribution in [2.75, 3.05) is 5.32 Å². The first-order valence-electron chi connectivity index (χ1n) is 6.02. The second-order valence-corrected chi connectivity index (χ2v) is 7.80. The van der Waals surface area contributed by atoms with Gasteiger partial charge in [-0.05, 0) is 63.7 Å². The Hall–Kier alpha value is -0.560. The monoisotopic (exact) mass is 431 g/mol. The number of benzene rings is 1. The van der Waals surface area contributed by atoms with E-state index in [1.165, 1.54) is 15.3 Å². The summed E-state index contributed by atoms with van der Waals surface area (Å²) in [5.41, 5.74) is 2.44. The fourth-order valence-corrected chi connectivity index (χ4v) is 4.54. The third-order valence-corrected chi connectivity index (χ3v) is 5.83. The minimum absolute atomic E-state index is 0.774. The quantitative estimate of drug-likeness (QED) is 0.475. The Morgan fingerprint density at radius 3 is 2.80 bits per heavy atom. The molecule has 5 heteroatoms. The Labute approximate surface area is 144 Å². The van der Waals surface area contributed by atoms with Gasteiger partial charge >= 0.3 is 0 Å². The lowest BCUT2D eigenvalue weighted by atomic mass is 10.2. The SMILES string of the molecule is Clc1ccc(NCc2cc(-c3cccs3)cs2)c(I)c1. The zero-order valence-electron chi connectivity index (χ0n) is 10.4. The minimum atomic E-state index is 0.774. The van der Waals surface area contributed by atoms with E-state index >= 15 is 0 Å². The lowest BCUT2D eigenvalue weighted by molar-refractivity contribution is 1.19. The maximum atomic E-state index is 5.97. The zero-order chi connectivity index (χ0) is 13.9. The molecule has 1 aromatic carbocycles. The smallest absolute Gasteiger partial charge is 0.0494 e. The average Bonchev–Trinajstić information content (AvgIpc) is 3.08. The van der Waals surface area contributed by atoms with E-state index in [-0.39, 0.29) is 0 Å². The molecule has 0 aliphatic carbocycles. The van der Waals surface area contributed by atoms with Crippen molar-refractivity contribution in [2.45, 2.75) is 6.54 Å². The van der Waals surface area contributed by atoms with Gasteiger partial charge in [-0.2, -0.15) is 0 Å². The van der Waals surface area contributed by atoms with Crippen LogP contribution in [0.25, 0.3) is 10.4 Å². The molecule has 0 radical (unpaired) electrons. The van der Waals surface area contributed by atoms with Crippen molar-refractivity contribution >= 4 is 62.6 Å². The molecule has 0 saturated carbocycles. The summed E-state index contributed by atoms with van der Waals surface area (Å²) in [5, 5.41) is 8.57. The molecule has 0 fully saturated rings. The standard InChI is InChI=1S/C15H11ClINS2/c16-11-3-4-14(13(17)7-11)18-8-12-6-10(9-20-12)15-2-1-5-19-15/h1-7,9,18H,8H2. The number of halogens is 2. The summed E-state index contributed by atoms with van der Waals surface area (Å²) in [5.74, 6) is 0. The Balaban J connectivity index is 1.70. The summed E-state index contributed by atoms with van der Waals surface area (Å²) in [6, 6.07) is 12.4. The highest BCUT2D eigenvalue weighted by Crippen LogP contribution is 2.30. The third kappa shape index (κ3) is 3.36. The first kappa shape index (κ1) is 14.4. The minimum Gasteiger partial charge on any atom is -0.379 e. The van der Waals surface area contributed by atoms with E-state index in [9.17, 15) is 0 Å². The predicted octanol–water partition coefficient (Wildman–Crippen LogP) is 6.35. The summed E-state index contributed by atoms with van der Waals surface area (Å²) >= 11 is 11.8. The van der Waals surface area contributed by atoms with Gasteiger partial charge in [0.2, 0.25) is 0 Å². The van der Waals surface area contributed by atoms with Crippen LogP contribution in [0.4, 0.5) is 5.69 Å². The van der Waals surface area contributed by atoms with Crippen molar-refractivity contribution in [2.24, 2.45) is 0 Å². The van der Waals surface area contributed by atoms with Gasteiger partial charge in [-0.1, -0.05) is 17.7 Å². The summed E-state index contributed by atoms with van der Waals surface area (Å²) in [4.78, 5) is 2.66. The first-order valence-corrected chi connectivity index (χ1v) is 9.24. The molecule has 2 heterocycles. The lowest BCUT2D eigenvalue weighted by Crippen LogP contribution is -1.99. The fourth-order valence-electron chi connectivity index (χ4n) is 1.86. The van der Waals surface area contributed by atoms with Crippen molar-refractivity contribution < 1.29 is 0 Å². The second kappa shape index (κ2) is 6.47. The largest absolute Gasteiger partial charge is 0.379 e. The van der Waals surface area contributed by atoms with E-state index in [0.717, 1.165) is 20.8 Å². The number of rotatable bonds is 4. The summed E-state index contributed by atoms with van der Waals surface area (Å²) in [6.07, 6.45) is 0. The van der Waals surface area contributed by atoms with Crippen LogP contribution in [-0.2, 0) is 6.54 Å². The molecule has 1 N–H and O–H groups in total. The maximum Gasteiger partial charge on any atom is 0.0494 e. The van der Waals surface area contributed by atoms with Crippen LogP contribution in [0.2, 0.25) is 5.02 Å². The van der Waals surface area contributed by atoms with Crippen molar-refractivity contribution in [1.82, 2.24) is 0 Å². The van der Waals surface area contributed by atoms with Crippen LogP contribution in [0.3, 0.4) is 0 Å². The predicted molar refractivity (Wildman–Crippen MR) is 99.1 cm³/mol. The molecule has 3 rings (SSSR count). The molecule has 20 heavy (non-hydrogen) atoms. The summed E-state index contributed by atoms with van der Waals surface area (Å²) < 4.78 is 1.14. The Morgan fingerprint density at radius 2 is 2.05 bits per heavy atom. The molecule has 0 aliphatic rings. The van der Waals surface area contributed by atoms with E-state index in [1.807, 2.05) is 18.2 Å². The van der Waals surface area contributed by atoms with Crippen molar-refractivity contribution in [1.29, 1.82) is 0 Å². The molecular formula is C15H11ClINS2. The van der Waals surface area contributed by atoms with E-state index in [2.05, 4.69) is 56.9 Å². The van der Waals surface area contributed by atoms with Gasteiger partial charge in [0.05, 0.1) is 0 Å². The maximum absolute atomic E-state index is 5.97. The number of nitrogens with one attached hydrogen (secondary N) is 1. The number of anilines is 1. The normalized spacial score (nSPS) is 10.7. The highest BCUT2D eigenvalue weighted by molar-refractivity contribution is 14.1. The van der Waals surface area contributed by atoms with E-state index < -0.39 is 0 Å². The molecule has 0 saturated heterocycles. The molecule has 0 spiro atoms. The van der Waals surface area contributed by atoms with Crippen LogP contribution < -0.4 is 5.32 Å². The first-order chi connectivity index (χ1) is 9.72. The van der Waals surface area contributed by atoms with Gasteiger partial charge in [-0.25, -0.2) is 0 Å². The summed E-state index contributed by atoms with van der Waals surface area (Å²) in [6.45, 7) is 0.841. The van der Waals surface area contributed by atoms with E-state index in [0.29, 0.717) is 0 Å². The summed E-state index contributed by atoms with van der Waals surface area (Å²) in [7, 11) is 0. The van der Waals surface area contributed by atoms with Crippen LogP contribution in [0, 0.1) is 3.57 Å². The highest BCUT2D eigenvalue weighted by atomic mass is 127. The number of hydrogen-bond donors (Lipinski definition) is 1. The molecule has 0 bridgehead atoms. The van der Waals surface area contributed by atoms with Gasteiger partial charge < -0.3 is 5.32 Å². The lowest BCUT2D eigenvalue weighted by Gasteiger charge is -2.07. The topological polar surface area (TPSA) is 12.0 Å². The molecule has 0 amide bonds. The van der Waals surface area contributed by atoms with Crippen LogP contribution in [0.1, 0.15) is 4.88 Å². The zero-order valence-corrected chi connectivity index (χ0v) is 14.9. The molecule has 3 aromatic rings. The van der Waals surface area contributed by atoms with Crippen LogP contribution in [0.15, 0.2) is 47.2 Å². The van der Waals surface area contributed by atoms with E-state index in [4.69, 9.17) is 11.6 Å².